The number of rotatable bonds is 6. The zero-order valence-corrected chi connectivity index (χ0v) is 20.4. The van der Waals surface area contributed by atoms with Gasteiger partial charge in [0.25, 0.3) is 5.56 Å². The van der Waals surface area contributed by atoms with Crippen LogP contribution in [0.4, 0.5) is 11.8 Å². The van der Waals surface area contributed by atoms with Gasteiger partial charge in [-0.15, -0.1) is 0 Å². The summed E-state index contributed by atoms with van der Waals surface area (Å²) in [6.45, 7) is 1.62. The Bertz CT molecular complexity index is 1760. The third-order valence-corrected chi connectivity index (χ3v) is 6.13. The Hall–Kier alpha value is -4.45. The fraction of sp³-hybridized carbons (Fsp3) is 0.217. The molecule has 0 aliphatic rings. The molecule has 4 aromatic heterocycles. The highest BCUT2D eigenvalue weighted by Gasteiger charge is 2.20. The fourth-order valence-corrected chi connectivity index (χ4v) is 4.23. The van der Waals surface area contributed by atoms with Crippen molar-refractivity contribution in [3.05, 3.63) is 73.9 Å². The van der Waals surface area contributed by atoms with Crippen LogP contribution in [0.5, 0.6) is 0 Å². The second-order valence-corrected chi connectivity index (χ2v) is 8.70. The molecule has 184 valence electrons. The van der Waals surface area contributed by atoms with E-state index in [0.717, 1.165) is 15.5 Å². The summed E-state index contributed by atoms with van der Waals surface area (Å²) in [5, 5.41) is 7.10. The number of H-pyrrole nitrogens is 1. The number of amides is 1. The predicted octanol–water partition coefficient (Wildman–Crippen LogP) is 1.79. The van der Waals surface area contributed by atoms with Crippen LogP contribution >= 0.6 is 11.6 Å². The van der Waals surface area contributed by atoms with Crippen molar-refractivity contribution in [2.24, 2.45) is 14.1 Å². The quantitative estimate of drug-likeness (QED) is 0.317. The maximum absolute atomic E-state index is 13.4. The molecule has 0 saturated heterocycles. The molecule has 13 heteroatoms. The van der Waals surface area contributed by atoms with Crippen LogP contribution in [0, 0.1) is 0 Å². The van der Waals surface area contributed by atoms with Crippen LogP contribution < -0.4 is 21.9 Å². The molecule has 5 aromatic rings. The lowest BCUT2D eigenvalue weighted by Gasteiger charge is -2.08. The SMILES string of the molecule is CC(=O)NCc1nccc(Nc2nc3c(c(=O)n(Cc4cc5c(Cl)cccc5[nH]4)c(=O)n3C)n2C)n1. The fourth-order valence-electron chi connectivity index (χ4n) is 4.00. The van der Waals surface area contributed by atoms with Gasteiger partial charge in [-0.25, -0.2) is 14.8 Å². The van der Waals surface area contributed by atoms with E-state index < -0.39 is 11.2 Å². The summed E-state index contributed by atoms with van der Waals surface area (Å²) in [4.78, 5) is 53.9. The molecule has 0 aliphatic carbocycles. The lowest BCUT2D eigenvalue weighted by molar-refractivity contribution is -0.119. The zero-order chi connectivity index (χ0) is 25.6. The topological polar surface area (TPSA) is 145 Å². The van der Waals surface area contributed by atoms with E-state index in [9.17, 15) is 14.4 Å². The standard InChI is InChI=1S/C23H22ClN9O3/c1-12(34)26-10-18-25-8-7-17(28-18)29-22-30-20-19(31(22)2)21(35)33(23(36)32(20)3)11-13-9-14-15(24)5-4-6-16(14)27-13/h4-9,27H,10-11H2,1-3H3,(H,26,34)(H,25,28,29,30). The Labute approximate surface area is 208 Å². The largest absolute Gasteiger partial charge is 0.357 e. The monoisotopic (exact) mass is 507 g/mol. The van der Waals surface area contributed by atoms with Gasteiger partial charge in [-0.1, -0.05) is 17.7 Å². The highest BCUT2D eigenvalue weighted by molar-refractivity contribution is 6.35. The number of nitrogens with zero attached hydrogens (tertiary/aromatic N) is 6. The van der Waals surface area contributed by atoms with Crippen molar-refractivity contribution in [1.82, 2.24) is 39.0 Å². The van der Waals surface area contributed by atoms with Crippen molar-refractivity contribution in [3.8, 4) is 0 Å². The number of carbonyl (C=O) groups is 1. The number of benzene rings is 1. The first-order chi connectivity index (χ1) is 17.2. The number of hydrogen-bond acceptors (Lipinski definition) is 7. The lowest BCUT2D eigenvalue weighted by Crippen LogP contribution is -2.39. The van der Waals surface area contributed by atoms with Crippen molar-refractivity contribution in [2.75, 3.05) is 5.32 Å². The van der Waals surface area contributed by atoms with Gasteiger partial charge in [0.2, 0.25) is 11.9 Å². The molecule has 0 saturated carbocycles. The van der Waals surface area contributed by atoms with Gasteiger partial charge in [-0.3, -0.25) is 18.7 Å². The van der Waals surface area contributed by atoms with Crippen LogP contribution in [0.1, 0.15) is 18.4 Å². The van der Waals surface area contributed by atoms with Crippen molar-refractivity contribution in [2.45, 2.75) is 20.0 Å². The van der Waals surface area contributed by atoms with Gasteiger partial charge >= 0.3 is 5.69 Å². The van der Waals surface area contributed by atoms with Crippen molar-refractivity contribution >= 4 is 51.3 Å². The molecule has 4 heterocycles. The Morgan fingerprint density at radius 3 is 2.69 bits per heavy atom. The van der Waals surface area contributed by atoms with Gasteiger partial charge < -0.3 is 20.2 Å². The average molecular weight is 508 g/mol. The maximum atomic E-state index is 13.4. The first kappa shape index (κ1) is 23.3. The summed E-state index contributed by atoms with van der Waals surface area (Å²) in [5.41, 5.74) is 0.999. The summed E-state index contributed by atoms with van der Waals surface area (Å²) >= 11 is 6.27. The molecular formula is C23H22ClN9O3. The third-order valence-electron chi connectivity index (χ3n) is 5.80. The number of hydrogen-bond donors (Lipinski definition) is 3. The number of fused-ring (bicyclic) bond motifs is 2. The summed E-state index contributed by atoms with van der Waals surface area (Å²) in [6.07, 6.45) is 1.55. The number of imidazole rings is 1. The maximum Gasteiger partial charge on any atom is 0.332 e. The Balaban J connectivity index is 1.53. The van der Waals surface area contributed by atoms with Crippen molar-refractivity contribution < 1.29 is 4.79 Å². The molecule has 0 radical (unpaired) electrons. The smallest absolute Gasteiger partial charge is 0.332 e. The minimum Gasteiger partial charge on any atom is -0.357 e. The Morgan fingerprint density at radius 1 is 1.14 bits per heavy atom. The second kappa shape index (κ2) is 8.96. The van der Waals surface area contributed by atoms with Gasteiger partial charge in [0.15, 0.2) is 11.2 Å². The average Bonchev–Trinajstić information content (AvgIpc) is 3.41. The van der Waals surface area contributed by atoms with Crippen LogP contribution in [-0.2, 0) is 32.0 Å². The van der Waals surface area contributed by atoms with E-state index in [1.165, 1.54) is 11.5 Å². The van der Waals surface area contributed by atoms with Gasteiger partial charge in [-0.05, 0) is 24.3 Å². The molecular weight excluding hydrogens is 486 g/mol. The number of aryl methyl sites for hydroxylation is 2. The van der Waals surface area contributed by atoms with E-state index in [1.807, 2.05) is 18.2 Å². The van der Waals surface area contributed by atoms with E-state index in [-0.39, 0.29) is 30.2 Å². The minimum absolute atomic E-state index is 0.0405. The molecule has 0 unspecified atom stereocenters. The first-order valence-electron chi connectivity index (χ1n) is 11.0. The molecule has 1 amide bonds. The summed E-state index contributed by atoms with van der Waals surface area (Å²) < 4.78 is 4.06. The second-order valence-electron chi connectivity index (χ2n) is 8.29. The molecule has 5 rings (SSSR count). The van der Waals surface area contributed by atoms with Crippen molar-refractivity contribution in [1.29, 1.82) is 0 Å². The first-order valence-corrected chi connectivity index (χ1v) is 11.4. The number of carbonyl (C=O) groups excluding carboxylic acids is 1. The van der Waals surface area contributed by atoms with Gasteiger partial charge in [0.1, 0.15) is 11.6 Å². The van der Waals surface area contributed by atoms with E-state index in [1.54, 1.807) is 37.0 Å². The predicted molar refractivity (Wildman–Crippen MR) is 135 cm³/mol. The van der Waals surface area contributed by atoms with E-state index >= 15 is 0 Å². The molecule has 0 fully saturated rings. The third kappa shape index (κ3) is 4.11. The molecule has 0 atom stereocenters. The number of aromatic amines is 1. The molecule has 12 nitrogen and oxygen atoms in total. The van der Waals surface area contributed by atoms with Crippen LogP contribution in [0.3, 0.4) is 0 Å². The number of halogens is 1. The minimum atomic E-state index is -0.499. The number of nitrogens with one attached hydrogen (secondary N) is 3. The number of aromatic nitrogens is 7. The highest BCUT2D eigenvalue weighted by atomic mass is 35.5. The molecule has 0 aliphatic heterocycles. The van der Waals surface area contributed by atoms with Crippen LogP contribution in [0.2, 0.25) is 5.02 Å². The van der Waals surface area contributed by atoms with Crippen LogP contribution in [0.15, 0.2) is 46.1 Å². The molecule has 0 bridgehead atoms. The summed E-state index contributed by atoms with van der Waals surface area (Å²) in [5.74, 6) is 0.947. The zero-order valence-electron chi connectivity index (χ0n) is 19.7. The van der Waals surface area contributed by atoms with Crippen LogP contribution in [0.25, 0.3) is 22.1 Å². The van der Waals surface area contributed by atoms with Crippen molar-refractivity contribution in [3.63, 3.8) is 0 Å². The molecule has 3 N–H and O–H groups in total. The Morgan fingerprint density at radius 2 is 1.94 bits per heavy atom. The van der Waals surface area contributed by atoms with Gasteiger partial charge in [-0.2, -0.15) is 4.98 Å². The summed E-state index contributed by atoms with van der Waals surface area (Å²) in [6, 6.07) is 8.95. The van der Waals surface area contributed by atoms with Crippen LogP contribution in [-0.4, -0.2) is 39.5 Å². The normalized spacial score (nSPS) is 11.3. The van der Waals surface area contributed by atoms with Gasteiger partial charge in [0.05, 0.1) is 13.1 Å². The highest BCUT2D eigenvalue weighted by Crippen LogP contribution is 2.24. The van der Waals surface area contributed by atoms with Gasteiger partial charge in [0, 0.05) is 48.8 Å². The van der Waals surface area contributed by atoms with E-state index in [2.05, 4.69) is 30.6 Å². The molecule has 36 heavy (non-hydrogen) atoms. The number of anilines is 2. The summed E-state index contributed by atoms with van der Waals surface area (Å²) in [7, 11) is 3.24. The molecule has 1 aromatic carbocycles. The molecule has 0 spiro atoms. The van der Waals surface area contributed by atoms with E-state index in [4.69, 9.17) is 11.6 Å². The van der Waals surface area contributed by atoms with E-state index in [0.29, 0.717) is 28.3 Å². The Kier molecular flexibility index (Phi) is 5.80. The lowest BCUT2D eigenvalue weighted by atomic mass is 10.2.